The number of rotatable bonds is 2. The molecule has 2 heterocycles. The third-order valence-electron chi connectivity index (χ3n) is 4.39. The Labute approximate surface area is 173 Å². The average Bonchev–Trinajstić information content (AvgIpc) is 2.72. The van der Waals surface area contributed by atoms with Crippen LogP contribution in [-0.4, -0.2) is 35.4 Å². The van der Waals surface area contributed by atoms with Crippen molar-refractivity contribution in [1.82, 2.24) is 10.3 Å². The Kier molecular flexibility index (Phi) is 4.94. The molecule has 0 unspecified atom stereocenters. The summed E-state index contributed by atoms with van der Waals surface area (Å²) in [7, 11) is 1.34. The zero-order chi connectivity index (χ0) is 19.8. The van der Waals surface area contributed by atoms with Gasteiger partial charge in [0.05, 0.1) is 18.0 Å². The van der Waals surface area contributed by atoms with Crippen molar-refractivity contribution in [3.63, 3.8) is 0 Å². The maximum Gasteiger partial charge on any atom is 0.337 e. The summed E-state index contributed by atoms with van der Waals surface area (Å²) in [6.07, 6.45) is 1.32. The van der Waals surface area contributed by atoms with Gasteiger partial charge in [-0.2, -0.15) is 0 Å². The highest BCUT2D eigenvalue weighted by atomic mass is 79.9. The van der Waals surface area contributed by atoms with Crippen molar-refractivity contribution in [2.45, 2.75) is 6.17 Å². The number of nitrogens with zero attached hydrogens (tertiary/aromatic N) is 3. The van der Waals surface area contributed by atoms with Crippen LogP contribution in [0, 0.1) is 0 Å². The van der Waals surface area contributed by atoms with E-state index in [2.05, 4.69) is 26.3 Å². The number of benzene rings is 2. The first kappa shape index (κ1) is 18.7. The van der Waals surface area contributed by atoms with Crippen molar-refractivity contribution in [3.8, 4) is 0 Å². The van der Waals surface area contributed by atoms with E-state index in [1.54, 1.807) is 29.3 Å². The van der Waals surface area contributed by atoms with Crippen LogP contribution in [0.2, 0.25) is 0 Å². The van der Waals surface area contributed by atoms with Crippen LogP contribution < -0.4 is 15.9 Å². The summed E-state index contributed by atoms with van der Waals surface area (Å²) in [6, 6.07) is 12.5. The summed E-state index contributed by atoms with van der Waals surface area (Å²) >= 11 is 4.80. The number of carbonyl (C=O) groups excluding carboxylic acids is 2. The van der Waals surface area contributed by atoms with Gasteiger partial charge in [0.2, 0.25) is 0 Å². The number of methoxy groups -OCH3 is 1. The number of hydrogen-bond donors (Lipinski definition) is 1. The van der Waals surface area contributed by atoms with E-state index in [9.17, 15) is 9.59 Å². The fourth-order valence-electron chi connectivity index (χ4n) is 3.07. The molecule has 0 aliphatic carbocycles. The van der Waals surface area contributed by atoms with Crippen molar-refractivity contribution in [1.29, 1.82) is 0 Å². The van der Waals surface area contributed by atoms with E-state index in [1.165, 1.54) is 18.9 Å². The van der Waals surface area contributed by atoms with E-state index in [0.29, 0.717) is 27.0 Å². The van der Waals surface area contributed by atoms with Gasteiger partial charge in [-0.15, -0.1) is 5.10 Å². The highest BCUT2D eigenvalue weighted by Gasteiger charge is 2.34. The highest BCUT2D eigenvalue weighted by molar-refractivity contribution is 9.10. The SMILES string of the molecule is COC(=O)c1ccc([C@H]2N=c3ccc(Br)cc3=C3C(=O)NC(SC)=NN32)cc1. The second-order valence-corrected chi connectivity index (χ2v) is 7.75. The predicted molar refractivity (Wildman–Crippen MR) is 110 cm³/mol. The first-order chi connectivity index (χ1) is 13.5. The maximum absolute atomic E-state index is 12.8. The third kappa shape index (κ3) is 3.20. The summed E-state index contributed by atoms with van der Waals surface area (Å²) in [4.78, 5) is 29.3. The van der Waals surface area contributed by atoms with Crippen molar-refractivity contribution in [2.24, 2.45) is 10.1 Å². The standard InChI is InChI=1S/C19H15BrN4O3S/c1-27-18(26)11-5-3-10(4-6-11)16-21-14-8-7-12(20)9-13(14)15-17(25)22-19(28-2)23-24(15)16/h3-9,16H,1-2H3,(H,22,23,25)/t16-/m0/s1. The highest BCUT2D eigenvalue weighted by Crippen LogP contribution is 2.30. The van der Waals surface area contributed by atoms with Gasteiger partial charge in [-0.05, 0) is 42.2 Å². The van der Waals surface area contributed by atoms with Gasteiger partial charge >= 0.3 is 5.97 Å². The lowest BCUT2D eigenvalue weighted by Gasteiger charge is -2.34. The van der Waals surface area contributed by atoms with Crippen molar-refractivity contribution in [2.75, 3.05) is 13.4 Å². The number of fused-ring (bicyclic) bond motifs is 2. The number of hydrogen-bond acceptors (Lipinski definition) is 7. The van der Waals surface area contributed by atoms with Gasteiger partial charge in [-0.3, -0.25) is 15.1 Å². The minimum Gasteiger partial charge on any atom is -0.465 e. The maximum atomic E-state index is 12.8. The molecular weight excluding hydrogens is 444 g/mol. The zero-order valence-electron chi connectivity index (χ0n) is 15.0. The summed E-state index contributed by atoms with van der Waals surface area (Å²) in [5.41, 5.74) is 1.68. The van der Waals surface area contributed by atoms with E-state index in [-0.39, 0.29) is 5.91 Å². The number of carbonyl (C=O) groups is 2. The van der Waals surface area contributed by atoms with Crippen LogP contribution in [0.4, 0.5) is 0 Å². The minimum absolute atomic E-state index is 0.232. The zero-order valence-corrected chi connectivity index (χ0v) is 17.4. The Morgan fingerprint density at radius 1 is 1.25 bits per heavy atom. The van der Waals surface area contributed by atoms with Gasteiger partial charge in [0.25, 0.3) is 5.91 Å². The first-order valence-corrected chi connectivity index (χ1v) is 10.3. The lowest BCUT2D eigenvalue weighted by atomic mass is 10.1. The largest absolute Gasteiger partial charge is 0.465 e. The Balaban J connectivity index is 1.89. The Morgan fingerprint density at radius 3 is 2.68 bits per heavy atom. The number of esters is 1. The first-order valence-electron chi connectivity index (χ1n) is 8.31. The van der Waals surface area contributed by atoms with E-state index in [0.717, 1.165) is 10.0 Å². The van der Waals surface area contributed by atoms with Gasteiger partial charge in [-0.1, -0.05) is 39.8 Å². The van der Waals surface area contributed by atoms with Gasteiger partial charge in [-0.25, -0.2) is 9.80 Å². The molecule has 0 saturated carbocycles. The van der Waals surface area contributed by atoms with Crippen LogP contribution in [0.1, 0.15) is 22.1 Å². The Bertz CT molecular complexity index is 1130. The summed E-state index contributed by atoms with van der Waals surface area (Å²) in [6.45, 7) is 0. The van der Waals surface area contributed by atoms with E-state index in [1.807, 2.05) is 24.5 Å². The number of amides is 1. The van der Waals surface area contributed by atoms with Gasteiger partial charge in [0.15, 0.2) is 11.3 Å². The molecule has 2 aliphatic rings. The number of nitrogens with one attached hydrogen (secondary N) is 1. The molecule has 0 fully saturated rings. The summed E-state index contributed by atoms with van der Waals surface area (Å²) < 4.78 is 5.60. The molecule has 2 aromatic carbocycles. The molecule has 0 bridgehead atoms. The normalized spacial score (nSPS) is 17.8. The molecule has 4 rings (SSSR count). The Hall–Kier alpha value is -2.65. The molecule has 1 amide bonds. The molecule has 0 radical (unpaired) electrons. The van der Waals surface area contributed by atoms with Crippen molar-refractivity contribution in [3.05, 3.63) is 68.6 Å². The molecule has 28 heavy (non-hydrogen) atoms. The molecule has 9 heteroatoms. The van der Waals surface area contributed by atoms with Gasteiger partial charge < -0.3 is 4.74 Å². The topological polar surface area (TPSA) is 83.4 Å². The molecule has 142 valence electrons. The van der Waals surface area contributed by atoms with Crippen LogP contribution in [-0.2, 0) is 9.53 Å². The minimum atomic E-state index is -0.524. The lowest BCUT2D eigenvalue weighted by Crippen LogP contribution is -2.50. The van der Waals surface area contributed by atoms with E-state index in [4.69, 9.17) is 9.73 Å². The molecule has 7 nitrogen and oxygen atoms in total. The second-order valence-electron chi connectivity index (χ2n) is 6.03. The molecule has 0 aromatic heterocycles. The van der Waals surface area contributed by atoms with E-state index < -0.39 is 12.1 Å². The van der Waals surface area contributed by atoms with Crippen LogP contribution in [0.3, 0.4) is 0 Å². The second kappa shape index (κ2) is 7.40. The summed E-state index contributed by atoms with van der Waals surface area (Å²) in [5, 5.41) is 10.9. The number of amidine groups is 1. The molecule has 2 aliphatic heterocycles. The fourth-order valence-corrected chi connectivity index (χ4v) is 3.80. The lowest BCUT2D eigenvalue weighted by molar-refractivity contribution is -0.116. The van der Waals surface area contributed by atoms with Gasteiger partial charge in [0, 0.05) is 9.69 Å². The van der Waals surface area contributed by atoms with Crippen LogP contribution >= 0.6 is 27.7 Å². The van der Waals surface area contributed by atoms with Crippen molar-refractivity contribution < 1.29 is 14.3 Å². The average molecular weight is 459 g/mol. The van der Waals surface area contributed by atoms with E-state index >= 15 is 0 Å². The number of thioether (sulfide) groups is 1. The number of halogens is 1. The Morgan fingerprint density at radius 2 is 2.00 bits per heavy atom. The molecular formula is C19H15BrN4O3S. The number of hydrazone groups is 1. The molecule has 1 N–H and O–H groups in total. The molecule has 2 aromatic rings. The van der Waals surface area contributed by atoms with Crippen LogP contribution in [0.25, 0.3) is 5.70 Å². The van der Waals surface area contributed by atoms with Crippen LogP contribution in [0.5, 0.6) is 0 Å². The predicted octanol–water partition coefficient (Wildman–Crippen LogP) is 1.74. The van der Waals surface area contributed by atoms with Crippen molar-refractivity contribution >= 4 is 50.4 Å². The molecule has 0 saturated heterocycles. The van der Waals surface area contributed by atoms with Crippen LogP contribution in [0.15, 0.2) is 57.0 Å². The third-order valence-corrected chi connectivity index (χ3v) is 5.46. The fraction of sp³-hybridized carbons (Fsp3) is 0.158. The number of ether oxygens (including phenoxy) is 1. The smallest absolute Gasteiger partial charge is 0.337 e. The monoisotopic (exact) mass is 458 g/mol. The quantitative estimate of drug-likeness (QED) is 0.692. The molecule has 1 atom stereocenters. The van der Waals surface area contributed by atoms with Gasteiger partial charge in [0.1, 0.15) is 5.70 Å². The summed E-state index contributed by atoms with van der Waals surface area (Å²) in [5.74, 6) is -0.639. The molecule has 0 spiro atoms.